The monoisotopic (exact) mass is 254 g/mol. The Kier molecular flexibility index (Phi) is 3.68. The van der Waals surface area contributed by atoms with E-state index < -0.39 is 6.04 Å². The van der Waals surface area contributed by atoms with Crippen molar-refractivity contribution in [1.29, 1.82) is 10.5 Å². The Morgan fingerprint density at radius 2 is 2.26 bits per heavy atom. The van der Waals surface area contributed by atoms with E-state index in [9.17, 15) is 4.79 Å². The van der Waals surface area contributed by atoms with Crippen molar-refractivity contribution in [1.82, 2.24) is 5.32 Å². The van der Waals surface area contributed by atoms with Crippen LogP contribution < -0.4 is 10.2 Å². The van der Waals surface area contributed by atoms with Crippen LogP contribution in [0.2, 0.25) is 0 Å². The fourth-order valence-corrected chi connectivity index (χ4v) is 2.35. The molecule has 19 heavy (non-hydrogen) atoms. The van der Waals surface area contributed by atoms with Crippen LogP contribution in [0.25, 0.3) is 0 Å². The standard InChI is InChI=1S/C14H14N4O/c1-10-9-17-14(19)13(5-6-15)18(10)12-4-2-3-11(7-12)8-16/h2-4,7,10,13H,5,9H2,1H3,(H,17,19). The fourth-order valence-electron chi connectivity index (χ4n) is 2.35. The molecule has 1 aromatic rings. The molecule has 1 aliphatic heterocycles. The highest BCUT2D eigenvalue weighted by Crippen LogP contribution is 2.24. The third-order valence-corrected chi connectivity index (χ3v) is 3.24. The molecule has 96 valence electrons. The molecule has 2 rings (SSSR count). The van der Waals surface area contributed by atoms with Crippen molar-refractivity contribution in [3.63, 3.8) is 0 Å². The summed E-state index contributed by atoms with van der Waals surface area (Å²) in [6, 6.07) is 10.8. The first-order chi connectivity index (χ1) is 9.17. The molecule has 1 saturated heterocycles. The molecule has 5 nitrogen and oxygen atoms in total. The number of carbonyl (C=O) groups is 1. The second kappa shape index (κ2) is 5.41. The number of amides is 1. The van der Waals surface area contributed by atoms with Crippen LogP contribution in [0.15, 0.2) is 24.3 Å². The Morgan fingerprint density at radius 3 is 2.95 bits per heavy atom. The summed E-state index contributed by atoms with van der Waals surface area (Å²) in [5, 5.41) is 20.6. The van der Waals surface area contributed by atoms with E-state index in [0.717, 1.165) is 5.69 Å². The minimum absolute atomic E-state index is 0.0880. The Hall–Kier alpha value is -2.53. The van der Waals surface area contributed by atoms with Gasteiger partial charge in [0, 0.05) is 18.3 Å². The first-order valence-corrected chi connectivity index (χ1v) is 6.10. The van der Waals surface area contributed by atoms with Crippen LogP contribution in [0.5, 0.6) is 0 Å². The molecule has 0 aliphatic carbocycles. The van der Waals surface area contributed by atoms with E-state index in [1.165, 1.54) is 0 Å². The van der Waals surface area contributed by atoms with Gasteiger partial charge in [0.05, 0.1) is 24.1 Å². The Morgan fingerprint density at radius 1 is 1.47 bits per heavy atom. The second-order valence-electron chi connectivity index (χ2n) is 4.54. The van der Waals surface area contributed by atoms with Crippen LogP contribution in [0.3, 0.4) is 0 Å². The van der Waals surface area contributed by atoms with Gasteiger partial charge >= 0.3 is 0 Å². The second-order valence-corrected chi connectivity index (χ2v) is 4.54. The number of rotatable bonds is 2. The van der Waals surface area contributed by atoms with Gasteiger partial charge in [0.2, 0.25) is 5.91 Å². The summed E-state index contributed by atoms with van der Waals surface area (Å²) < 4.78 is 0. The Labute approximate surface area is 112 Å². The lowest BCUT2D eigenvalue weighted by Crippen LogP contribution is -2.59. The van der Waals surface area contributed by atoms with Gasteiger partial charge in [-0.05, 0) is 25.1 Å². The van der Waals surface area contributed by atoms with Gasteiger partial charge in [0.1, 0.15) is 6.04 Å². The largest absolute Gasteiger partial charge is 0.354 e. The summed E-state index contributed by atoms with van der Waals surface area (Å²) in [5.74, 6) is -0.137. The number of nitrogens with zero attached hydrogens (tertiary/aromatic N) is 3. The predicted octanol–water partition coefficient (Wildman–Crippen LogP) is 1.17. The SMILES string of the molecule is CC1CNC(=O)C(CC#N)N1c1cccc(C#N)c1. The van der Waals surface area contributed by atoms with Crippen molar-refractivity contribution in [2.24, 2.45) is 0 Å². The number of benzene rings is 1. The Bertz CT molecular complexity index is 570. The number of nitrogens with one attached hydrogen (secondary N) is 1. The molecule has 5 heteroatoms. The van der Waals surface area contributed by atoms with E-state index in [2.05, 4.69) is 11.4 Å². The summed E-state index contributed by atoms with van der Waals surface area (Å²) in [6.07, 6.45) is 0.132. The fraction of sp³-hybridized carbons (Fsp3) is 0.357. The Balaban J connectivity index is 2.40. The zero-order chi connectivity index (χ0) is 13.8. The lowest BCUT2D eigenvalue weighted by molar-refractivity contribution is -0.123. The molecule has 1 amide bonds. The number of hydrogen-bond acceptors (Lipinski definition) is 4. The lowest BCUT2D eigenvalue weighted by Gasteiger charge is -2.40. The van der Waals surface area contributed by atoms with Crippen molar-refractivity contribution >= 4 is 11.6 Å². The van der Waals surface area contributed by atoms with E-state index in [1.54, 1.807) is 18.2 Å². The van der Waals surface area contributed by atoms with Crippen molar-refractivity contribution in [3.8, 4) is 12.1 Å². The van der Waals surface area contributed by atoms with Gasteiger partial charge in [-0.1, -0.05) is 6.07 Å². The maximum absolute atomic E-state index is 11.9. The third kappa shape index (κ3) is 2.51. The van der Waals surface area contributed by atoms with Crippen LogP contribution >= 0.6 is 0 Å². The molecule has 2 unspecified atom stereocenters. The predicted molar refractivity (Wildman–Crippen MR) is 70.1 cm³/mol. The summed E-state index contributed by atoms with van der Waals surface area (Å²) in [7, 11) is 0. The van der Waals surface area contributed by atoms with Crippen molar-refractivity contribution in [3.05, 3.63) is 29.8 Å². The average molecular weight is 254 g/mol. The molecule has 0 radical (unpaired) electrons. The summed E-state index contributed by atoms with van der Waals surface area (Å²) >= 11 is 0. The van der Waals surface area contributed by atoms with Crippen molar-refractivity contribution in [2.45, 2.75) is 25.4 Å². The maximum atomic E-state index is 11.9. The van der Waals surface area contributed by atoms with Gasteiger partial charge in [-0.25, -0.2) is 0 Å². The topological polar surface area (TPSA) is 79.9 Å². The molecule has 1 heterocycles. The zero-order valence-corrected chi connectivity index (χ0v) is 10.6. The van der Waals surface area contributed by atoms with E-state index in [1.807, 2.05) is 24.0 Å². The van der Waals surface area contributed by atoms with Crippen LogP contribution in [0.1, 0.15) is 18.9 Å². The molecular formula is C14H14N4O. The number of carbonyl (C=O) groups excluding carboxylic acids is 1. The van der Waals surface area contributed by atoms with Gasteiger partial charge in [0.25, 0.3) is 0 Å². The molecule has 0 spiro atoms. The molecule has 1 N–H and O–H groups in total. The third-order valence-electron chi connectivity index (χ3n) is 3.24. The van der Waals surface area contributed by atoms with Gasteiger partial charge < -0.3 is 10.2 Å². The molecular weight excluding hydrogens is 240 g/mol. The first-order valence-electron chi connectivity index (χ1n) is 6.10. The maximum Gasteiger partial charge on any atom is 0.243 e. The van der Waals surface area contributed by atoms with Gasteiger partial charge in [-0.3, -0.25) is 4.79 Å². The molecule has 2 atom stereocenters. The van der Waals surface area contributed by atoms with Gasteiger partial charge in [-0.2, -0.15) is 10.5 Å². The summed E-state index contributed by atoms with van der Waals surface area (Å²) in [5.41, 5.74) is 1.35. The minimum atomic E-state index is -0.498. The van der Waals surface area contributed by atoms with Crippen molar-refractivity contribution in [2.75, 3.05) is 11.4 Å². The molecule has 1 aliphatic rings. The normalized spacial score (nSPS) is 22.3. The van der Waals surface area contributed by atoms with E-state index in [-0.39, 0.29) is 18.4 Å². The molecule has 0 aromatic heterocycles. The molecule has 1 fully saturated rings. The lowest BCUT2D eigenvalue weighted by atomic mass is 10.0. The average Bonchev–Trinajstić information content (AvgIpc) is 2.43. The number of piperazine rings is 1. The van der Waals surface area contributed by atoms with E-state index >= 15 is 0 Å². The highest BCUT2D eigenvalue weighted by atomic mass is 16.2. The van der Waals surface area contributed by atoms with Crippen LogP contribution in [0, 0.1) is 22.7 Å². The summed E-state index contributed by atoms with van der Waals surface area (Å²) in [6.45, 7) is 2.53. The zero-order valence-electron chi connectivity index (χ0n) is 10.6. The molecule has 1 aromatic carbocycles. The highest BCUT2D eigenvalue weighted by Gasteiger charge is 2.34. The van der Waals surface area contributed by atoms with Crippen LogP contribution in [-0.4, -0.2) is 24.5 Å². The van der Waals surface area contributed by atoms with Crippen molar-refractivity contribution < 1.29 is 4.79 Å². The number of nitriles is 2. The minimum Gasteiger partial charge on any atom is -0.354 e. The highest BCUT2D eigenvalue weighted by molar-refractivity contribution is 5.87. The molecule has 0 saturated carbocycles. The van der Waals surface area contributed by atoms with Crippen LogP contribution in [-0.2, 0) is 4.79 Å². The van der Waals surface area contributed by atoms with Crippen LogP contribution in [0.4, 0.5) is 5.69 Å². The first kappa shape index (κ1) is 12.9. The quantitative estimate of drug-likeness (QED) is 0.859. The smallest absolute Gasteiger partial charge is 0.243 e. The number of anilines is 1. The summed E-state index contributed by atoms with van der Waals surface area (Å²) in [4.78, 5) is 13.8. The van der Waals surface area contributed by atoms with Gasteiger partial charge in [0.15, 0.2) is 0 Å². The van der Waals surface area contributed by atoms with Gasteiger partial charge in [-0.15, -0.1) is 0 Å². The van der Waals surface area contributed by atoms with E-state index in [0.29, 0.717) is 12.1 Å². The molecule has 0 bridgehead atoms. The van der Waals surface area contributed by atoms with E-state index in [4.69, 9.17) is 10.5 Å². The number of hydrogen-bond donors (Lipinski definition) is 1.